The Kier molecular flexibility index (Phi) is 10.7. The molecule has 1 aromatic carbocycles. The van der Waals surface area contributed by atoms with Crippen molar-refractivity contribution in [3.8, 4) is 0 Å². The standard InChI is InChI=1S/C29H37F9N4O4/c1-26(9-14-42(15-10-26)25(44)46-24(28(33,34)35)29(36,37)38)40(2)17-18-5-6-19(27(30,31)32)16-22(18)41-12-7-20(8-13-41)45-23(43)21-4-3-11-39-21/h5-6,16,20-21,24,39H,3-4,7-15,17H2,1-2H3/t21-/m1/s1. The molecule has 8 nitrogen and oxygen atoms in total. The van der Waals surface area contributed by atoms with Crippen molar-refractivity contribution >= 4 is 17.7 Å². The van der Waals surface area contributed by atoms with Crippen molar-refractivity contribution in [3.63, 3.8) is 0 Å². The third kappa shape index (κ3) is 8.69. The van der Waals surface area contributed by atoms with Crippen LogP contribution in [0.15, 0.2) is 18.2 Å². The van der Waals surface area contributed by atoms with Gasteiger partial charge in [-0.05, 0) is 63.9 Å². The highest BCUT2D eigenvalue weighted by Crippen LogP contribution is 2.39. The monoisotopic (exact) mass is 676 g/mol. The van der Waals surface area contributed by atoms with Crippen molar-refractivity contribution in [2.45, 2.75) is 94.3 Å². The van der Waals surface area contributed by atoms with E-state index in [0.717, 1.165) is 30.0 Å². The van der Waals surface area contributed by atoms with Crippen molar-refractivity contribution in [2.24, 2.45) is 0 Å². The van der Waals surface area contributed by atoms with Gasteiger partial charge >= 0.3 is 30.6 Å². The van der Waals surface area contributed by atoms with E-state index in [2.05, 4.69) is 10.1 Å². The minimum absolute atomic E-state index is 0.157. The van der Waals surface area contributed by atoms with Gasteiger partial charge in [-0.1, -0.05) is 6.07 Å². The number of hydrogen-bond donors (Lipinski definition) is 1. The number of rotatable bonds is 7. The number of carbonyl (C=O) groups is 2. The van der Waals surface area contributed by atoms with Crippen LogP contribution in [0.2, 0.25) is 0 Å². The normalized spacial score (nSPS) is 21.6. The molecule has 0 aliphatic carbocycles. The van der Waals surface area contributed by atoms with Gasteiger partial charge in [0.25, 0.3) is 6.10 Å². The largest absolute Gasteiger partial charge is 0.461 e. The number of ether oxygens (including phenoxy) is 2. The van der Waals surface area contributed by atoms with Gasteiger partial charge in [-0.15, -0.1) is 0 Å². The number of carbonyl (C=O) groups excluding carboxylic acids is 2. The topological polar surface area (TPSA) is 74.4 Å². The third-order valence-electron chi connectivity index (χ3n) is 9.06. The van der Waals surface area contributed by atoms with Gasteiger partial charge < -0.3 is 24.6 Å². The summed E-state index contributed by atoms with van der Waals surface area (Å²) in [5.74, 6) is -0.328. The Morgan fingerprint density at radius 2 is 1.59 bits per heavy atom. The van der Waals surface area contributed by atoms with E-state index >= 15 is 0 Å². The second kappa shape index (κ2) is 13.6. The van der Waals surface area contributed by atoms with Gasteiger partial charge in [0, 0.05) is 56.8 Å². The number of nitrogens with one attached hydrogen (secondary N) is 1. The van der Waals surface area contributed by atoms with E-state index in [-0.39, 0.29) is 50.6 Å². The zero-order valence-electron chi connectivity index (χ0n) is 25.3. The van der Waals surface area contributed by atoms with E-state index in [1.807, 2.05) is 9.80 Å². The first-order valence-corrected chi connectivity index (χ1v) is 15.0. The third-order valence-corrected chi connectivity index (χ3v) is 9.06. The fourth-order valence-electron chi connectivity index (χ4n) is 6.01. The molecule has 260 valence electrons. The SMILES string of the molecule is CN(Cc1ccc(C(F)(F)F)cc1N1CCC(OC(=O)[C@H]2CCCN2)CC1)C1(C)CCN(C(=O)OC(C(F)(F)F)C(F)(F)F)CC1. The predicted octanol–water partition coefficient (Wildman–Crippen LogP) is 5.89. The van der Waals surface area contributed by atoms with E-state index in [0.29, 0.717) is 43.6 Å². The van der Waals surface area contributed by atoms with E-state index < -0.39 is 41.8 Å². The van der Waals surface area contributed by atoms with Gasteiger partial charge in [0.05, 0.1) is 5.56 Å². The Morgan fingerprint density at radius 1 is 0.978 bits per heavy atom. The molecule has 3 saturated heterocycles. The van der Waals surface area contributed by atoms with Crippen LogP contribution in [0.5, 0.6) is 0 Å². The predicted molar refractivity (Wildman–Crippen MR) is 147 cm³/mol. The van der Waals surface area contributed by atoms with Crippen LogP contribution < -0.4 is 10.2 Å². The van der Waals surface area contributed by atoms with E-state index in [1.165, 1.54) is 6.07 Å². The van der Waals surface area contributed by atoms with Crippen molar-refractivity contribution in [2.75, 3.05) is 44.7 Å². The molecule has 46 heavy (non-hydrogen) atoms. The molecule has 1 amide bonds. The first-order valence-electron chi connectivity index (χ1n) is 15.0. The van der Waals surface area contributed by atoms with Crippen molar-refractivity contribution in [1.82, 2.24) is 15.1 Å². The number of piperidine rings is 2. The molecule has 3 aliphatic heterocycles. The molecule has 0 spiro atoms. The smallest absolute Gasteiger partial charge is 0.434 e. The maximum atomic E-state index is 13.7. The fraction of sp³-hybridized carbons (Fsp3) is 0.724. The molecule has 0 saturated carbocycles. The summed E-state index contributed by atoms with van der Waals surface area (Å²) in [4.78, 5) is 29.1. The fourth-order valence-corrected chi connectivity index (χ4v) is 6.01. The number of hydrogen-bond acceptors (Lipinski definition) is 7. The summed E-state index contributed by atoms with van der Waals surface area (Å²) in [6.07, 6.45) is -19.9. The van der Waals surface area contributed by atoms with E-state index in [1.54, 1.807) is 14.0 Å². The highest BCUT2D eigenvalue weighted by Gasteiger charge is 2.60. The van der Waals surface area contributed by atoms with Gasteiger partial charge in [-0.3, -0.25) is 9.69 Å². The zero-order valence-corrected chi connectivity index (χ0v) is 25.3. The molecule has 17 heteroatoms. The average molecular weight is 677 g/mol. The first-order chi connectivity index (χ1) is 21.3. The number of esters is 1. The number of benzene rings is 1. The number of nitrogens with zero attached hydrogens (tertiary/aromatic N) is 3. The molecule has 3 fully saturated rings. The summed E-state index contributed by atoms with van der Waals surface area (Å²) in [5, 5.41) is 3.08. The second-order valence-electron chi connectivity index (χ2n) is 12.3. The molecule has 3 aliphatic rings. The summed E-state index contributed by atoms with van der Waals surface area (Å²) < 4.78 is 128. The lowest BCUT2D eigenvalue weighted by Gasteiger charge is -2.45. The molecule has 1 atom stereocenters. The lowest BCUT2D eigenvalue weighted by atomic mass is 9.87. The Balaban J connectivity index is 1.41. The molecule has 0 bridgehead atoms. The van der Waals surface area contributed by atoms with Gasteiger partial charge in [0.1, 0.15) is 12.1 Å². The molecule has 1 aromatic rings. The van der Waals surface area contributed by atoms with Crippen molar-refractivity contribution in [1.29, 1.82) is 0 Å². The lowest BCUT2D eigenvalue weighted by Crippen LogP contribution is -2.54. The summed E-state index contributed by atoms with van der Waals surface area (Å²) in [5.41, 5.74) is -0.593. The van der Waals surface area contributed by atoms with Crippen LogP contribution in [0.1, 0.15) is 56.6 Å². The first kappa shape index (κ1) is 35.9. The zero-order chi connectivity index (χ0) is 34.1. The molecule has 0 aromatic heterocycles. The number of alkyl halides is 9. The van der Waals surface area contributed by atoms with Crippen LogP contribution in [0, 0.1) is 0 Å². The van der Waals surface area contributed by atoms with Crippen LogP contribution in [0.4, 0.5) is 50.0 Å². The Morgan fingerprint density at radius 3 is 2.11 bits per heavy atom. The number of halogens is 9. The van der Waals surface area contributed by atoms with Gasteiger partial charge in [-0.25, -0.2) is 4.79 Å². The van der Waals surface area contributed by atoms with Crippen LogP contribution in [-0.4, -0.2) is 97.8 Å². The summed E-state index contributed by atoms with van der Waals surface area (Å²) in [6.45, 7) is 3.01. The number of anilines is 1. The second-order valence-corrected chi connectivity index (χ2v) is 12.3. The van der Waals surface area contributed by atoms with Crippen LogP contribution in [-0.2, 0) is 27.0 Å². The molecule has 4 rings (SSSR count). The summed E-state index contributed by atoms with van der Waals surface area (Å²) in [6, 6.07) is 3.10. The van der Waals surface area contributed by atoms with Crippen molar-refractivity contribution in [3.05, 3.63) is 29.3 Å². The minimum atomic E-state index is -5.83. The summed E-state index contributed by atoms with van der Waals surface area (Å²) in [7, 11) is 1.71. The van der Waals surface area contributed by atoms with Crippen molar-refractivity contribution < 1.29 is 58.6 Å². The quantitative estimate of drug-likeness (QED) is 0.286. The molecular formula is C29H37F9N4O4. The number of likely N-dealkylation sites (tertiary alicyclic amines) is 1. The lowest BCUT2D eigenvalue weighted by molar-refractivity contribution is -0.308. The maximum Gasteiger partial charge on any atom is 0.434 e. The average Bonchev–Trinajstić information content (AvgIpc) is 3.50. The van der Waals surface area contributed by atoms with Crippen LogP contribution in [0.3, 0.4) is 0 Å². The molecule has 1 N–H and O–H groups in total. The molecular weight excluding hydrogens is 639 g/mol. The van der Waals surface area contributed by atoms with Crippen LogP contribution in [0.25, 0.3) is 0 Å². The highest BCUT2D eigenvalue weighted by atomic mass is 19.4. The molecule has 0 unspecified atom stereocenters. The van der Waals surface area contributed by atoms with Gasteiger partial charge in [0.2, 0.25) is 0 Å². The maximum absolute atomic E-state index is 13.7. The van der Waals surface area contributed by atoms with E-state index in [4.69, 9.17) is 4.74 Å². The molecule has 0 radical (unpaired) electrons. The Bertz CT molecular complexity index is 1200. The summed E-state index contributed by atoms with van der Waals surface area (Å²) >= 11 is 0. The van der Waals surface area contributed by atoms with Gasteiger partial charge in [0.15, 0.2) is 0 Å². The number of amides is 1. The Labute approximate surface area is 260 Å². The van der Waals surface area contributed by atoms with E-state index in [9.17, 15) is 49.1 Å². The highest BCUT2D eigenvalue weighted by molar-refractivity contribution is 5.76. The van der Waals surface area contributed by atoms with Gasteiger partial charge in [-0.2, -0.15) is 39.5 Å². The molecule has 3 heterocycles. The minimum Gasteiger partial charge on any atom is -0.461 e. The van der Waals surface area contributed by atoms with Crippen LogP contribution >= 0.6 is 0 Å². The Hall–Kier alpha value is -2.95.